The van der Waals surface area contributed by atoms with Gasteiger partial charge in [-0.3, -0.25) is 0 Å². The first kappa shape index (κ1) is 12.9. The fourth-order valence-corrected chi connectivity index (χ4v) is 1.76. The molecule has 2 heteroatoms. The molecule has 0 fully saturated rings. The summed E-state index contributed by atoms with van der Waals surface area (Å²) in [5, 5.41) is 0. The predicted molar refractivity (Wildman–Crippen MR) is 58.1 cm³/mol. The molecular formula is C11H25NO. The van der Waals surface area contributed by atoms with Gasteiger partial charge in [0, 0.05) is 6.04 Å². The maximum atomic E-state index is 5.78. The van der Waals surface area contributed by atoms with Crippen LogP contribution in [0.3, 0.4) is 0 Å². The van der Waals surface area contributed by atoms with Crippen LogP contribution in [0.4, 0.5) is 0 Å². The van der Waals surface area contributed by atoms with Gasteiger partial charge in [0.25, 0.3) is 0 Å². The molecule has 0 unspecified atom stereocenters. The van der Waals surface area contributed by atoms with Gasteiger partial charge in [-0.2, -0.15) is 0 Å². The van der Waals surface area contributed by atoms with E-state index in [1.807, 2.05) is 0 Å². The van der Waals surface area contributed by atoms with E-state index in [0.29, 0.717) is 18.2 Å². The van der Waals surface area contributed by atoms with Crippen molar-refractivity contribution in [2.45, 2.75) is 59.3 Å². The highest BCUT2D eigenvalue weighted by molar-refractivity contribution is 4.73. The molecule has 0 amide bonds. The zero-order chi connectivity index (χ0) is 10.4. The molecule has 0 aliphatic rings. The summed E-state index contributed by atoms with van der Waals surface area (Å²) < 4.78 is 5.78. The number of ether oxygens (including phenoxy) is 1. The van der Waals surface area contributed by atoms with E-state index in [2.05, 4.69) is 46.6 Å². The second-order valence-corrected chi connectivity index (χ2v) is 3.94. The lowest BCUT2D eigenvalue weighted by atomic mass is 10.1. The number of likely N-dealkylation sites (N-methyl/N-ethyl adjacent to an activating group) is 1. The fraction of sp³-hybridized carbons (Fsp3) is 1.00. The molecule has 0 N–H and O–H groups in total. The van der Waals surface area contributed by atoms with Gasteiger partial charge in [-0.05, 0) is 40.8 Å². The SMILES string of the molecule is CC[C@@H]([C@H](C)OC(C)C)N(C)CC. The summed E-state index contributed by atoms with van der Waals surface area (Å²) >= 11 is 0. The smallest absolute Gasteiger partial charge is 0.0705 e. The van der Waals surface area contributed by atoms with Crippen LogP contribution in [0.5, 0.6) is 0 Å². The van der Waals surface area contributed by atoms with Crippen LogP contribution >= 0.6 is 0 Å². The first-order valence-corrected chi connectivity index (χ1v) is 5.38. The summed E-state index contributed by atoms with van der Waals surface area (Å²) in [5.74, 6) is 0. The molecule has 2 nitrogen and oxygen atoms in total. The standard InChI is InChI=1S/C11H25NO/c1-7-11(12(6)8-2)10(5)13-9(3)4/h9-11H,7-8H2,1-6H3/t10-,11-/m0/s1. The van der Waals surface area contributed by atoms with Crippen molar-refractivity contribution >= 4 is 0 Å². The van der Waals surface area contributed by atoms with E-state index in [1.54, 1.807) is 0 Å². The summed E-state index contributed by atoms with van der Waals surface area (Å²) in [5.41, 5.74) is 0. The lowest BCUT2D eigenvalue weighted by Gasteiger charge is -2.32. The number of nitrogens with zero attached hydrogens (tertiary/aromatic N) is 1. The van der Waals surface area contributed by atoms with Crippen molar-refractivity contribution in [3.05, 3.63) is 0 Å². The Morgan fingerprint density at radius 3 is 2.00 bits per heavy atom. The van der Waals surface area contributed by atoms with Crippen molar-refractivity contribution in [2.24, 2.45) is 0 Å². The van der Waals surface area contributed by atoms with Crippen LogP contribution in [-0.2, 0) is 4.74 Å². The van der Waals surface area contributed by atoms with Crippen molar-refractivity contribution in [1.29, 1.82) is 0 Å². The summed E-state index contributed by atoms with van der Waals surface area (Å²) in [4.78, 5) is 2.35. The Morgan fingerprint density at radius 2 is 1.69 bits per heavy atom. The summed E-state index contributed by atoms with van der Waals surface area (Å²) in [6, 6.07) is 0.549. The maximum absolute atomic E-state index is 5.78. The van der Waals surface area contributed by atoms with Crippen LogP contribution in [0.15, 0.2) is 0 Å². The molecule has 0 saturated heterocycles. The molecule has 0 aliphatic carbocycles. The van der Waals surface area contributed by atoms with Crippen molar-refractivity contribution < 1.29 is 4.74 Å². The molecule has 0 aromatic rings. The molecule has 0 aromatic heterocycles. The van der Waals surface area contributed by atoms with Crippen molar-refractivity contribution in [2.75, 3.05) is 13.6 Å². The largest absolute Gasteiger partial charge is 0.374 e. The van der Waals surface area contributed by atoms with Gasteiger partial charge >= 0.3 is 0 Å². The third-order valence-electron chi connectivity index (χ3n) is 2.51. The molecule has 0 aliphatic heterocycles. The first-order chi connectivity index (χ1) is 6.02. The first-order valence-electron chi connectivity index (χ1n) is 5.38. The third kappa shape index (κ3) is 4.63. The lowest BCUT2D eigenvalue weighted by Crippen LogP contribution is -2.41. The molecule has 0 aromatic carbocycles. The Labute approximate surface area is 83.3 Å². The van der Waals surface area contributed by atoms with E-state index in [0.717, 1.165) is 13.0 Å². The molecular weight excluding hydrogens is 162 g/mol. The van der Waals surface area contributed by atoms with E-state index in [1.165, 1.54) is 0 Å². The fourth-order valence-electron chi connectivity index (χ4n) is 1.76. The predicted octanol–water partition coefficient (Wildman–Crippen LogP) is 2.53. The quantitative estimate of drug-likeness (QED) is 0.633. The highest BCUT2D eigenvalue weighted by atomic mass is 16.5. The van der Waals surface area contributed by atoms with E-state index in [4.69, 9.17) is 4.74 Å². The topological polar surface area (TPSA) is 12.5 Å². The summed E-state index contributed by atoms with van der Waals surface area (Å²) in [6.07, 6.45) is 1.81. The summed E-state index contributed by atoms with van der Waals surface area (Å²) in [7, 11) is 2.16. The number of hydrogen-bond donors (Lipinski definition) is 0. The molecule has 2 atom stereocenters. The second-order valence-electron chi connectivity index (χ2n) is 3.94. The highest BCUT2D eigenvalue weighted by Crippen LogP contribution is 2.11. The molecule has 0 saturated carbocycles. The molecule has 80 valence electrons. The van der Waals surface area contributed by atoms with Crippen LogP contribution in [-0.4, -0.2) is 36.7 Å². The van der Waals surface area contributed by atoms with E-state index >= 15 is 0 Å². The molecule has 0 heterocycles. The summed E-state index contributed by atoms with van der Waals surface area (Å²) in [6.45, 7) is 11.8. The molecule has 0 rings (SSSR count). The van der Waals surface area contributed by atoms with Gasteiger partial charge in [0.05, 0.1) is 12.2 Å². The maximum Gasteiger partial charge on any atom is 0.0705 e. The van der Waals surface area contributed by atoms with Gasteiger partial charge in [-0.25, -0.2) is 0 Å². The molecule has 0 radical (unpaired) electrons. The minimum Gasteiger partial charge on any atom is -0.374 e. The Morgan fingerprint density at radius 1 is 1.15 bits per heavy atom. The van der Waals surface area contributed by atoms with E-state index in [-0.39, 0.29) is 0 Å². The average Bonchev–Trinajstić information content (AvgIpc) is 2.03. The van der Waals surface area contributed by atoms with Crippen LogP contribution in [0, 0.1) is 0 Å². The minimum atomic E-state index is 0.328. The van der Waals surface area contributed by atoms with E-state index < -0.39 is 0 Å². The van der Waals surface area contributed by atoms with Gasteiger partial charge in [-0.1, -0.05) is 13.8 Å². The van der Waals surface area contributed by atoms with Crippen LogP contribution in [0.1, 0.15) is 41.0 Å². The molecule has 0 spiro atoms. The van der Waals surface area contributed by atoms with Crippen molar-refractivity contribution in [1.82, 2.24) is 4.90 Å². The van der Waals surface area contributed by atoms with E-state index in [9.17, 15) is 0 Å². The van der Waals surface area contributed by atoms with Gasteiger partial charge in [0.2, 0.25) is 0 Å². The van der Waals surface area contributed by atoms with Gasteiger partial charge in [0.15, 0.2) is 0 Å². The number of rotatable bonds is 6. The second kappa shape index (κ2) is 6.39. The zero-order valence-electron chi connectivity index (χ0n) is 10.0. The van der Waals surface area contributed by atoms with Crippen molar-refractivity contribution in [3.8, 4) is 0 Å². The normalized spacial score (nSPS) is 16.6. The third-order valence-corrected chi connectivity index (χ3v) is 2.51. The zero-order valence-corrected chi connectivity index (χ0v) is 10.0. The van der Waals surface area contributed by atoms with Gasteiger partial charge in [0.1, 0.15) is 0 Å². The molecule has 13 heavy (non-hydrogen) atoms. The monoisotopic (exact) mass is 187 g/mol. The van der Waals surface area contributed by atoms with Crippen LogP contribution < -0.4 is 0 Å². The minimum absolute atomic E-state index is 0.328. The Balaban J connectivity index is 4.06. The van der Waals surface area contributed by atoms with Gasteiger partial charge in [-0.15, -0.1) is 0 Å². The molecule has 0 bridgehead atoms. The lowest BCUT2D eigenvalue weighted by molar-refractivity contribution is -0.0298. The Bertz CT molecular complexity index is 125. The van der Waals surface area contributed by atoms with Gasteiger partial charge < -0.3 is 9.64 Å². The highest BCUT2D eigenvalue weighted by Gasteiger charge is 2.20. The Kier molecular flexibility index (Phi) is 6.35. The van der Waals surface area contributed by atoms with Crippen LogP contribution in [0.2, 0.25) is 0 Å². The Hall–Kier alpha value is -0.0800. The average molecular weight is 187 g/mol. The number of hydrogen-bond acceptors (Lipinski definition) is 2. The van der Waals surface area contributed by atoms with Crippen LogP contribution in [0.25, 0.3) is 0 Å². The van der Waals surface area contributed by atoms with Crippen molar-refractivity contribution in [3.63, 3.8) is 0 Å².